The SMILES string of the molecule is COc1ccc(N2C(=O)/C(=C/c3ccccc3OCC(=O)Nc3cccc(C(F)(F)F)c3)SC2=S)cc1. The van der Waals surface area contributed by atoms with Crippen molar-refractivity contribution in [2.45, 2.75) is 6.18 Å². The highest BCUT2D eigenvalue weighted by atomic mass is 32.2. The molecule has 11 heteroatoms. The molecule has 1 aliphatic rings. The lowest BCUT2D eigenvalue weighted by atomic mass is 10.2. The fourth-order valence-electron chi connectivity index (χ4n) is 3.41. The van der Waals surface area contributed by atoms with Gasteiger partial charge in [0, 0.05) is 11.3 Å². The van der Waals surface area contributed by atoms with E-state index in [2.05, 4.69) is 5.32 Å². The minimum absolute atomic E-state index is 0.00100. The van der Waals surface area contributed by atoms with Gasteiger partial charge < -0.3 is 14.8 Å². The zero-order valence-electron chi connectivity index (χ0n) is 19.2. The van der Waals surface area contributed by atoms with Crippen LogP contribution >= 0.6 is 24.0 Å². The van der Waals surface area contributed by atoms with E-state index in [1.54, 1.807) is 61.7 Å². The summed E-state index contributed by atoms with van der Waals surface area (Å²) in [5.41, 5.74) is 0.259. The minimum atomic E-state index is -4.52. The van der Waals surface area contributed by atoms with Crippen molar-refractivity contribution in [1.29, 1.82) is 0 Å². The molecule has 2 amide bonds. The van der Waals surface area contributed by atoms with E-state index < -0.39 is 24.3 Å². The highest BCUT2D eigenvalue weighted by Gasteiger charge is 2.33. The monoisotopic (exact) mass is 544 g/mol. The number of halogens is 3. The van der Waals surface area contributed by atoms with E-state index >= 15 is 0 Å². The summed E-state index contributed by atoms with van der Waals surface area (Å²) in [7, 11) is 1.55. The molecular weight excluding hydrogens is 525 g/mol. The van der Waals surface area contributed by atoms with Crippen molar-refractivity contribution in [3.63, 3.8) is 0 Å². The number of alkyl halides is 3. The van der Waals surface area contributed by atoms with Crippen LogP contribution in [-0.4, -0.2) is 29.9 Å². The summed E-state index contributed by atoms with van der Waals surface area (Å²) < 4.78 is 49.8. The number of carbonyl (C=O) groups is 2. The van der Waals surface area contributed by atoms with Crippen molar-refractivity contribution in [2.24, 2.45) is 0 Å². The van der Waals surface area contributed by atoms with Crippen LogP contribution in [0.2, 0.25) is 0 Å². The number of rotatable bonds is 7. The highest BCUT2D eigenvalue weighted by Crippen LogP contribution is 2.37. The summed E-state index contributed by atoms with van der Waals surface area (Å²) in [4.78, 5) is 27.2. The van der Waals surface area contributed by atoms with Gasteiger partial charge in [-0.1, -0.05) is 48.2 Å². The molecule has 0 bridgehead atoms. The van der Waals surface area contributed by atoms with E-state index in [9.17, 15) is 22.8 Å². The number of benzene rings is 3. The first-order valence-electron chi connectivity index (χ1n) is 10.8. The Hall–Kier alpha value is -3.83. The van der Waals surface area contributed by atoms with Crippen molar-refractivity contribution >= 4 is 57.6 Å². The van der Waals surface area contributed by atoms with Crippen molar-refractivity contribution in [3.8, 4) is 11.5 Å². The molecule has 1 aliphatic heterocycles. The van der Waals surface area contributed by atoms with Gasteiger partial charge in [0.05, 0.1) is 23.3 Å². The summed E-state index contributed by atoms with van der Waals surface area (Å²) in [6, 6.07) is 18.0. The van der Waals surface area contributed by atoms with Crippen LogP contribution in [0, 0.1) is 0 Å². The lowest BCUT2D eigenvalue weighted by molar-refractivity contribution is -0.137. The van der Waals surface area contributed by atoms with Crippen LogP contribution in [0.1, 0.15) is 11.1 Å². The lowest BCUT2D eigenvalue weighted by Gasteiger charge is -2.14. The first-order chi connectivity index (χ1) is 17.7. The first-order valence-corrected chi connectivity index (χ1v) is 12.0. The molecule has 6 nitrogen and oxygen atoms in total. The van der Waals surface area contributed by atoms with Gasteiger partial charge in [-0.05, 0) is 54.6 Å². The molecule has 0 aromatic heterocycles. The highest BCUT2D eigenvalue weighted by molar-refractivity contribution is 8.27. The molecule has 190 valence electrons. The Balaban J connectivity index is 1.45. The Kier molecular flexibility index (Phi) is 7.84. The van der Waals surface area contributed by atoms with Crippen molar-refractivity contribution in [1.82, 2.24) is 0 Å². The number of para-hydroxylation sites is 1. The Bertz CT molecular complexity index is 1370. The molecule has 1 heterocycles. The summed E-state index contributed by atoms with van der Waals surface area (Å²) in [5.74, 6) is 0.0153. The third-order valence-electron chi connectivity index (χ3n) is 5.16. The number of carbonyl (C=O) groups excluding carboxylic acids is 2. The molecule has 0 saturated carbocycles. The quantitative estimate of drug-likeness (QED) is 0.285. The topological polar surface area (TPSA) is 67.9 Å². The molecule has 0 aliphatic carbocycles. The molecular formula is C26H19F3N2O4S2. The number of methoxy groups -OCH3 is 1. The van der Waals surface area contributed by atoms with Crippen LogP contribution in [0.15, 0.2) is 77.7 Å². The van der Waals surface area contributed by atoms with Crippen LogP contribution in [0.3, 0.4) is 0 Å². The largest absolute Gasteiger partial charge is 0.497 e. The fourth-order valence-corrected chi connectivity index (χ4v) is 4.70. The minimum Gasteiger partial charge on any atom is -0.497 e. The average molecular weight is 545 g/mol. The molecule has 1 fully saturated rings. The maximum Gasteiger partial charge on any atom is 0.416 e. The first kappa shape index (κ1) is 26.2. The number of thiocarbonyl (C=S) groups is 1. The molecule has 3 aromatic rings. The van der Waals surface area contributed by atoms with E-state index in [-0.39, 0.29) is 11.6 Å². The molecule has 0 spiro atoms. The predicted molar refractivity (Wildman–Crippen MR) is 141 cm³/mol. The maximum atomic E-state index is 13.1. The van der Waals surface area contributed by atoms with E-state index in [4.69, 9.17) is 21.7 Å². The second-order valence-electron chi connectivity index (χ2n) is 7.67. The molecule has 0 radical (unpaired) electrons. The Morgan fingerprint density at radius 1 is 1.08 bits per heavy atom. The Morgan fingerprint density at radius 3 is 2.51 bits per heavy atom. The van der Waals surface area contributed by atoms with Gasteiger partial charge in [-0.15, -0.1) is 0 Å². The van der Waals surface area contributed by atoms with Gasteiger partial charge in [-0.25, -0.2) is 0 Å². The third-order valence-corrected chi connectivity index (χ3v) is 6.46. The van der Waals surface area contributed by atoms with E-state index in [0.29, 0.717) is 32.0 Å². The zero-order valence-corrected chi connectivity index (χ0v) is 20.9. The molecule has 0 atom stereocenters. The van der Waals surface area contributed by atoms with Gasteiger partial charge >= 0.3 is 6.18 Å². The van der Waals surface area contributed by atoms with E-state index in [1.807, 2.05) is 0 Å². The smallest absolute Gasteiger partial charge is 0.416 e. The third kappa shape index (κ3) is 6.30. The maximum absolute atomic E-state index is 13.1. The number of nitrogens with zero attached hydrogens (tertiary/aromatic N) is 1. The predicted octanol–water partition coefficient (Wildman–Crippen LogP) is 6.14. The number of anilines is 2. The number of nitrogens with one attached hydrogen (secondary N) is 1. The van der Waals surface area contributed by atoms with Crippen LogP contribution in [0.25, 0.3) is 6.08 Å². The van der Waals surface area contributed by atoms with Gasteiger partial charge in [0.25, 0.3) is 11.8 Å². The van der Waals surface area contributed by atoms with Gasteiger partial charge in [0.1, 0.15) is 11.5 Å². The Labute approximate surface area is 220 Å². The summed E-state index contributed by atoms with van der Waals surface area (Å²) in [6.45, 7) is -0.450. The van der Waals surface area contributed by atoms with Gasteiger partial charge in [-0.2, -0.15) is 13.2 Å². The summed E-state index contributed by atoms with van der Waals surface area (Å²) in [5, 5.41) is 2.39. The van der Waals surface area contributed by atoms with Crippen LogP contribution < -0.4 is 19.7 Å². The Morgan fingerprint density at radius 2 is 1.81 bits per heavy atom. The average Bonchev–Trinajstić information content (AvgIpc) is 3.15. The normalized spacial score (nSPS) is 14.7. The molecule has 1 N–H and O–H groups in total. The van der Waals surface area contributed by atoms with Gasteiger partial charge in [0.15, 0.2) is 10.9 Å². The van der Waals surface area contributed by atoms with E-state index in [0.717, 1.165) is 23.9 Å². The molecule has 1 saturated heterocycles. The molecule has 37 heavy (non-hydrogen) atoms. The van der Waals surface area contributed by atoms with Crippen molar-refractivity contribution < 1.29 is 32.2 Å². The lowest BCUT2D eigenvalue weighted by Crippen LogP contribution is -2.27. The second-order valence-corrected chi connectivity index (χ2v) is 9.34. The zero-order chi connectivity index (χ0) is 26.6. The number of thioether (sulfide) groups is 1. The van der Waals surface area contributed by atoms with Crippen LogP contribution in [0.5, 0.6) is 11.5 Å². The number of hydrogen-bond acceptors (Lipinski definition) is 6. The standard InChI is InChI=1S/C26H19F3N2O4S2/c1-34-20-11-9-19(10-12-20)31-24(33)22(37-25(31)36)13-16-5-2-3-8-21(16)35-15-23(32)30-18-7-4-6-17(14-18)26(27,28)29/h2-14H,15H2,1H3,(H,30,32)/b22-13-. The fraction of sp³-hybridized carbons (Fsp3) is 0.115. The van der Waals surface area contributed by atoms with Gasteiger partial charge in [0.2, 0.25) is 0 Å². The number of amides is 2. The van der Waals surface area contributed by atoms with E-state index in [1.165, 1.54) is 17.0 Å². The summed E-state index contributed by atoms with van der Waals surface area (Å²) in [6.07, 6.45) is -2.91. The van der Waals surface area contributed by atoms with Crippen LogP contribution in [-0.2, 0) is 15.8 Å². The van der Waals surface area contributed by atoms with Gasteiger partial charge in [-0.3, -0.25) is 14.5 Å². The molecule has 4 rings (SSSR count). The molecule has 0 unspecified atom stereocenters. The van der Waals surface area contributed by atoms with Crippen molar-refractivity contribution in [2.75, 3.05) is 23.9 Å². The van der Waals surface area contributed by atoms with Crippen molar-refractivity contribution in [3.05, 3.63) is 88.8 Å². The number of ether oxygens (including phenoxy) is 2. The van der Waals surface area contributed by atoms with Crippen LogP contribution in [0.4, 0.5) is 24.5 Å². The second kappa shape index (κ2) is 11.1. The molecule has 3 aromatic carbocycles. The summed E-state index contributed by atoms with van der Waals surface area (Å²) >= 11 is 6.54. The number of hydrogen-bond donors (Lipinski definition) is 1.